The molecule has 0 aromatic carbocycles. The third-order valence-electron chi connectivity index (χ3n) is 1.91. The van der Waals surface area contributed by atoms with Crippen molar-refractivity contribution in [3.05, 3.63) is 0 Å². The predicted octanol–water partition coefficient (Wildman–Crippen LogP) is 3.53. The lowest BCUT2D eigenvalue weighted by Crippen LogP contribution is -2.16. The average Bonchev–Trinajstić information content (AvgIpc) is 2.03. The lowest BCUT2D eigenvalue weighted by molar-refractivity contribution is 0.582. The third kappa shape index (κ3) is 13.1. The summed E-state index contributed by atoms with van der Waals surface area (Å²) in [5.41, 5.74) is 0. The summed E-state index contributed by atoms with van der Waals surface area (Å²) in [5, 5.41) is 3.45. The Bertz CT molecular complexity index is 58.9. The molecule has 0 atom stereocenters. The molecule has 0 aromatic heterocycles. The van der Waals surface area contributed by atoms with Gasteiger partial charge in [0, 0.05) is 0 Å². The van der Waals surface area contributed by atoms with Crippen molar-refractivity contribution in [2.24, 2.45) is 0 Å². The summed E-state index contributed by atoms with van der Waals surface area (Å²) in [4.78, 5) is 0. The molecule has 12 heavy (non-hydrogen) atoms. The summed E-state index contributed by atoms with van der Waals surface area (Å²) in [6.07, 6.45) is 8.13. The SMILES string of the molecule is Br.CCCCCCNCCCC. The van der Waals surface area contributed by atoms with Gasteiger partial charge in [-0.1, -0.05) is 39.5 Å². The van der Waals surface area contributed by atoms with Crippen LogP contribution in [-0.2, 0) is 0 Å². The van der Waals surface area contributed by atoms with Crippen LogP contribution in [0.1, 0.15) is 52.4 Å². The minimum atomic E-state index is 0. The maximum Gasteiger partial charge on any atom is -0.00489 e. The van der Waals surface area contributed by atoms with E-state index in [9.17, 15) is 0 Å². The largest absolute Gasteiger partial charge is 0.317 e. The van der Waals surface area contributed by atoms with Gasteiger partial charge in [-0.3, -0.25) is 0 Å². The van der Waals surface area contributed by atoms with E-state index in [1.165, 1.54) is 51.6 Å². The van der Waals surface area contributed by atoms with Crippen LogP contribution in [0.5, 0.6) is 0 Å². The molecule has 0 heterocycles. The molecule has 0 radical (unpaired) electrons. The smallest absolute Gasteiger partial charge is 0.00489 e. The summed E-state index contributed by atoms with van der Waals surface area (Å²) in [5.74, 6) is 0. The summed E-state index contributed by atoms with van der Waals surface area (Å²) in [7, 11) is 0. The fourth-order valence-electron chi connectivity index (χ4n) is 1.10. The van der Waals surface area contributed by atoms with Crippen molar-refractivity contribution in [1.82, 2.24) is 5.32 Å². The molecule has 1 N–H and O–H groups in total. The van der Waals surface area contributed by atoms with Crippen LogP contribution in [0.3, 0.4) is 0 Å². The number of rotatable bonds is 8. The number of nitrogens with one attached hydrogen (secondary N) is 1. The van der Waals surface area contributed by atoms with Gasteiger partial charge in [0.15, 0.2) is 0 Å². The molecule has 1 nitrogen and oxygen atoms in total. The van der Waals surface area contributed by atoms with Crippen LogP contribution < -0.4 is 5.32 Å². The van der Waals surface area contributed by atoms with Crippen molar-refractivity contribution in [3.63, 3.8) is 0 Å². The molecule has 0 amide bonds. The van der Waals surface area contributed by atoms with E-state index < -0.39 is 0 Å². The molecule has 0 aromatic rings. The zero-order valence-electron chi connectivity index (χ0n) is 8.57. The Labute approximate surface area is 88.1 Å². The maximum atomic E-state index is 3.45. The molecule has 0 aliphatic carbocycles. The lowest BCUT2D eigenvalue weighted by Gasteiger charge is -2.02. The Morgan fingerprint density at radius 1 is 0.750 bits per heavy atom. The molecule has 76 valence electrons. The first-order valence-corrected chi connectivity index (χ1v) is 5.12. The third-order valence-corrected chi connectivity index (χ3v) is 1.91. The second-order valence-electron chi connectivity index (χ2n) is 3.16. The first-order chi connectivity index (χ1) is 5.41. The van der Waals surface area contributed by atoms with Crippen LogP contribution in [0.25, 0.3) is 0 Å². The second kappa shape index (κ2) is 14.0. The Morgan fingerprint density at radius 2 is 1.33 bits per heavy atom. The van der Waals surface area contributed by atoms with Gasteiger partial charge in [-0.15, -0.1) is 17.0 Å². The molecule has 0 bridgehead atoms. The summed E-state index contributed by atoms with van der Waals surface area (Å²) < 4.78 is 0. The van der Waals surface area contributed by atoms with Gasteiger partial charge in [0.2, 0.25) is 0 Å². The minimum Gasteiger partial charge on any atom is -0.317 e. The minimum absolute atomic E-state index is 0. The van der Waals surface area contributed by atoms with E-state index in [-0.39, 0.29) is 17.0 Å². The van der Waals surface area contributed by atoms with Crippen molar-refractivity contribution >= 4 is 17.0 Å². The fraction of sp³-hybridized carbons (Fsp3) is 1.00. The van der Waals surface area contributed by atoms with Crippen LogP contribution in [0, 0.1) is 0 Å². The van der Waals surface area contributed by atoms with Gasteiger partial charge in [-0.2, -0.15) is 0 Å². The maximum absolute atomic E-state index is 3.45. The molecule has 0 fully saturated rings. The van der Waals surface area contributed by atoms with Gasteiger partial charge >= 0.3 is 0 Å². The molecule has 0 aliphatic heterocycles. The van der Waals surface area contributed by atoms with Crippen molar-refractivity contribution in [2.75, 3.05) is 13.1 Å². The standard InChI is InChI=1S/C10H23N.BrH/c1-3-5-7-8-10-11-9-6-4-2;/h11H,3-10H2,1-2H3;1H. The van der Waals surface area contributed by atoms with E-state index >= 15 is 0 Å². The van der Waals surface area contributed by atoms with Gasteiger partial charge in [0.05, 0.1) is 0 Å². The highest BCUT2D eigenvalue weighted by atomic mass is 79.9. The van der Waals surface area contributed by atoms with Crippen molar-refractivity contribution in [3.8, 4) is 0 Å². The van der Waals surface area contributed by atoms with Gasteiger partial charge in [-0.05, 0) is 25.9 Å². The van der Waals surface area contributed by atoms with E-state index in [4.69, 9.17) is 0 Å². The molecule has 2 heteroatoms. The molecule has 0 saturated carbocycles. The average molecular weight is 238 g/mol. The van der Waals surface area contributed by atoms with Crippen LogP contribution in [0.2, 0.25) is 0 Å². The Balaban J connectivity index is 0. The lowest BCUT2D eigenvalue weighted by atomic mass is 10.2. The van der Waals surface area contributed by atoms with Crippen LogP contribution >= 0.6 is 17.0 Å². The first kappa shape index (κ1) is 14.9. The van der Waals surface area contributed by atoms with Crippen LogP contribution in [-0.4, -0.2) is 13.1 Å². The van der Waals surface area contributed by atoms with Crippen molar-refractivity contribution < 1.29 is 0 Å². The molecule has 0 spiro atoms. The Morgan fingerprint density at radius 3 is 1.92 bits per heavy atom. The highest BCUT2D eigenvalue weighted by Gasteiger charge is 1.87. The van der Waals surface area contributed by atoms with E-state index in [2.05, 4.69) is 19.2 Å². The highest BCUT2D eigenvalue weighted by molar-refractivity contribution is 8.93. The molecule has 0 unspecified atom stereocenters. The van der Waals surface area contributed by atoms with Gasteiger partial charge in [0.1, 0.15) is 0 Å². The highest BCUT2D eigenvalue weighted by Crippen LogP contribution is 1.96. The van der Waals surface area contributed by atoms with E-state index in [1.807, 2.05) is 0 Å². The van der Waals surface area contributed by atoms with E-state index in [0.717, 1.165) is 0 Å². The summed E-state index contributed by atoms with van der Waals surface area (Å²) in [6.45, 7) is 6.92. The van der Waals surface area contributed by atoms with E-state index in [1.54, 1.807) is 0 Å². The zero-order valence-corrected chi connectivity index (χ0v) is 10.3. The van der Waals surface area contributed by atoms with Gasteiger partial charge in [-0.25, -0.2) is 0 Å². The molecule has 0 saturated heterocycles. The number of hydrogen-bond donors (Lipinski definition) is 1. The number of hydrogen-bond acceptors (Lipinski definition) is 1. The quantitative estimate of drug-likeness (QED) is 0.638. The Kier molecular flexibility index (Phi) is 17.4. The van der Waals surface area contributed by atoms with Gasteiger partial charge < -0.3 is 5.32 Å². The van der Waals surface area contributed by atoms with Crippen LogP contribution in [0.4, 0.5) is 0 Å². The Hall–Kier alpha value is 0.440. The number of unbranched alkanes of at least 4 members (excludes halogenated alkanes) is 4. The fourth-order valence-corrected chi connectivity index (χ4v) is 1.10. The second-order valence-corrected chi connectivity index (χ2v) is 3.16. The monoisotopic (exact) mass is 237 g/mol. The topological polar surface area (TPSA) is 12.0 Å². The molecular weight excluding hydrogens is 214 g/mol. The van der Waals surface area contributed by atoms with Crippen molar-refractivity contribution in [1.29, 1.82) is 0 Å². The molecule has 0 rings (SSSR count). The van der Waals surface area contributed by atoms with E-state index in [0.29, 0.717) is 0 Å². The van der Waals surface area contributed by atoms with Crippen LogP contribution in [0.15, 0.2) is 0 Å². The molecule has 0 aliphatic rings. The predicted molar refractivity (Wildman–Crippen MR) is 62.2 cm³/mol. The molecular formula is C10H24BrN. The zero-order chi connectivity index (χ0) is 8.36. The summed E-state index contributed by atoms with van der Waals surface area (Å²) >= 11 is 0. The van der Waals surface area contributed by atoms with Gasteiger partial charge in [0.25, 0.3) is 0 Å². The normalized spacial score (nSPS) is 9.50. The first-order valence-electron chi connectivity index (χ1n) is 5.12. The summed E-state index contributed by atoms with van der Waals surface area (Å²) in [6, 6.07) is 0. The van der Waals surface area contributed by atoms with Crippen molar-refractivity contribution in [2.45, 2.75) is 52.4 Å². The number of halogens is 1.